The molecule has 20 heavy (non-hydrogen) atoms. The maximum atomic E-state index is 13.1. The maximum absolute atomic E-state index is 13.1. The monoisotopic (exact) mass is 341 g/mol. The van der Waals surface area contributed by atoms with Crippen molar-refractivity contribution >= 4 is 15.9 Å². The lowest BCUT2D eigenvalue weighted by Crippen LogP contribution is -2.08. The molecule has 106 valence electrons. The Balaban J connectivity index is 2.18. The summed E-state index contributed by atoms with van der Waals surface area (Å²) in [4.78, 5) is 0. The molecule has 0 radical (unpaired) electrons. The predicted octanol–water partition coefficient (Wildman–Crippen LogP) is 4.33. The van der Waals surface area contributed by atoms with E-state index in [0.29, 0.717) is 11.3 Å². The summed E-state index contributed by atoms with van der Waals surface area (Å²) in [5, 5.41) is 0. The number of ether oxygens (including phenoxy) is 1. The summed E-state index contributed by atoms with van der Waals surface area (Å²) in [7, 11) is 0. The van der Waals surface area contributed by atoms with Crippen molar-refractivity contribution in [3.63, 3.8) is 0 Å². The van der Waals surface area contributed by atoms with E-state index < -0.39 is 11.6 Å². The van der Waals surface area contributed by atoms with Crippen molar-refractivity contribution in [1.29, 1.82) is 0 Å². The Hall–Kier alpha value is -1.46. The Morgan fingerprint density at radius 2 is 1.80 bits per heavy atom. The average Bonchev–Trinajstić information content (AvgIpc) is 2.36. The first kappa shape index (κ1) is 14.9. The molecule has 0 bridgehead atoms. The highest BCUT2D eigenvalue weighted by atomic mass is 79.9. The molecule has 5 heteroatoms. The van der Waals surface area contributed by atoms with E-state index in [0.717, 1.165) is 16.1 Å². The third kappa shape index (κ3) is 3.77. The topological polar surface area (TPSA) is 35.2 Å². The number of halogens is 3. The number of rotatable bonds is 4. The minimum atomic E-state index is -0.619. The average molecular weight is 342 g/mol. The Morgan fingerprint density at radius 3 is 2.40 bits per heavy atom. The number of hydrogen-bond donors (Lipinski definition) is 1. The lowest BCUT2D eigenvalue weighted by atomic mass is 10.1. The fourth-order valence-corrected chi connectivity index (χ4v) is 2.24. The van der Waals surface area contributed by atoms with E-state index in [2.05, 4.69) is 15.9 Å². The molecule has 0 unspecified atom stereocenters. The molecule has 0 saturated carbocycles. The van der Waals surface area contributed by atoms with Crippen LogP contribution in [0, 0.1) is 11.6 Å². The van der Waals surface area contributed by atoms with Crippen LogP contribution in [0.3, 0.4) is 0 Å². The van der Waals surface area contributed by atoms with Crippen molar-refractivity contribution in [2.75, 3.05) is 0 Å². The molecule has 1 atom stereocenters. The third-order valence-electron chi connectivity index (χ3n) is 2.78. The Labute approximate surface area is 124 Å². The summed E-state index contributed by atoms with van der Waals surface area (Å²) in [5.74, 6) is -0.633. The first-order valence-corrected chi connectivity index (χ1v) is 6.88. The summed E-state index contributed by atoms with van der Waals surface area (Å²) < 4.78 is 32.7. The molecular formula is C15H14BrF2NO. The highest BCUT2D eigenvalue weighted by Gasteiger charge is 2.09. The standard InChI is InChI=1S/C15H14BrF2NO/c1-9(19)14-6-11(16)2-3-15(14)20-8-10-4-12(17)7-13(18)5-10/h2-7,9H,8,19H2,1H3/t9-/m0/s1. The second kappa shape index (κ2) is 6.33. The van der Waals surface area contributed by atoms with Crippen LogP contribution in [0.1, 0.15) is 24.1 Å². The van der Waals surface area contributed by atoms with Gasteiger partial charge in [-0.3, -0.25) is 0 Å². The molecular weight excluding hydrogens is 328 g/mol. The van der Waals surface area contributed by atoms with Crippen LogP contribution >= 0.6 is 15.9 Å². The SMILES string of the molecule is C[C@H](N)c1cc(Br)ccc1OCc1cc(F)cc(F)c1. The largest absolute Gasteiger partial charge is 0.489 e. The summed E-state index contributed by atoms with van der Waals surface area (Å²) >= 11 is 3.37. The molecule has 2 N–H and O–H groups in total. The van der Waals surface area contributed by atoms with E-state index in [4.69, 9.17) is 10.5 Å². The van der Waals surface area contributed by atoms with Gasteiger partial charge in [0.05, 0.1) is 0 Å². The van der Waals surface area contributed by atoms with Crippen LogP contribution in [0.2, 0.25) is 0 Å². The van der Waals surface area contributed by atoms with Gasteiger partial charge in [0, 0.05) is 22.1 Å². The van der Waals surface area contributed by atoms with E-state index in [1.54, 1.807) is 6.07 Å². The van der Waals surface area contributed by atoms with Gasteiger partial charge in [0.15, 0.2) is 0 Å². The van der Waals surface area contributed by atoms with Crippen molar-refractivity contribution in [3.05, 3.63) is 63.6 Å². The van der Waals surface area contributed by atoms with Crippen LogP contribution in [0.15, 0.2) is 40.9 Å². The van der Waals surface area contributed by atoms with E-state index in [1.807, 2.05) is 19.1 Å². The second-order valence-corrected chi connectivity index (χ2v) is 5.45. The molecule has 0 aliphatic rings. The molecule has 0 heterocycles. The third-order valence-corrected chi connectivity index (χ3v) is 3.27. The minimum absolute atomic E-state index is 0.0794. The van der Waals surface area contributed by atoms with Crippen LogP contribution in [0.25, 0.3) is 0 Å². The van der Waals surface area contributed by atoms with Crippen LogP contribution in [-0.2, 0) is 6.61 Å². The van der Waals surface area contributed by atoms with Crippen molar-refractivity contribution in [3.8, 4) is 5.75 Å². The Morgan fingerprint density at radius 1 is 1.15 bits per heavy atom. The molecule has 0 saturated heterocycles. The smallest absolute Gasteiger partial charge is 0.126 e. The maximum Gasteiger partial charge on any atom is 0.126 e. The summed E-state index contributed by atoms with van der Waals surface area (Å²) in [6.07, 6.45) is 0. The van der Waals surface area contributed by atoms with E-state index in [9.17, 15) is 8.78 Å². The highest BCUT2D eigenvalue weighted by molar-refractivity contribution is 9.10. The summed E-state index contributed by atoms with van der Waals surface area (Å²) in [6.45, 7) is 1.92. The zero-order valence-corrected chi connectivity index (χ0v) is 12.5. The van der Waals surface area contributed by atoms with Gasteiger partial charge in [0.1, 0.15) is 24.0 Å². The van der Waals surface area contributed by atoms with Crippen LogP contribution in [0.4, 0.5) is 8.78 Å². The lowest BCUT2D eigenvalue weighted by molar-refractivity contribution is 0.300. The first-order valence-electron chi connectivity index (χ1n) is 6.08. The molecule has 0 aliphatic heterocycles. The molecule has 0 fully saturated rings. The Bertz CT molecular complexity index is 597. The van der Waals surface area contributed by atoms with Gasteiger partial charge in [0.2, 0.25) is 0 Å². The molecule has 2 rings (SSSR count). The summed E-state index contributed by atoms with van der Waals surface area (Å²) in [6, 6.07) is 8.59. The fourth-order valence-electron chi connectivity index (χ4n) is 1.86. The van der Waals surface area contributed by atoms with E-state index >= 15 is 0 Å². The Kier molecular flexibility index (Phi) is 4.73. The van der Waals surface area contributed by atoms with Crippen LogP contribution < -0.4 is 10.5 Å². The lowest BCUT2D eigenvalue weighted by Gasteiger charge is -2.14. The number of hydrogen-bond acceptors (Lipinski definition) is 2. The predicted molar refractivity (Wildman–Crippen MR) is 77.4 cm³/mol. The van der Waals surface area contributed by atoms with Crippen molar-refractivity contribution < 1.29 is 13.5 Å². The highest BCUT2D eigenvalue weighted by Crippen LogP contribution is 2.28. The number of nitrogens with two attached hydrogens (primary N) is 1. The second-order valence-electron chi connectivity index (χ2n) is 4.54. The van der Waals surface area contributed by atoms with Crippen LogP contribution in [-0.4, -0.2) is 0 Å². The molecule has 0 aromatic heterocycles. The number of benzene rings is 2. The molecule has 2 aromatic rings. The molecule has 0 amide bonds. The zero-order valence-electron chi connectivity index (χ0n) is 10.9. The van der Waals surface area contributed by atoms with Gasteiger partial charge in [0.25, 0.3) is 0 Å². The van der Waals surface area contributed by atoms with Gasteiger partial charge >= 0.3 is 0 Å². The first-order chi connectivity index (χ1) is 9.45. The quantitative estimate of drug-likeness (QED) is 0.898. The van der Waals surface area contributed by atoms with Gasteiger partial charge < -0.3 is 10.5 Å². The molecule has 2 aromatic carbocycles. The fraction of sp³-hybridized carbons (Fsp3) is 0.200. The minimum Gasteiger partial charge on any atom is -0.489 e. The van der Waals surface area contributed by atoms with Crippen molar-refractivity contribution in [1.82, 2.24) is 0 Å². The van der Waals surface area contributed by atoms with Gasteiger partial charge in [-0.15, -0.1) is 0 Å². The van der Waals surface area contributed by atoms with E-state index in [1.165, 1.54) is 12.1 Å². The van der Waals surface area contributed by atoms with Crippen LogP contribution in [0.5, 0.6) is 5.75 Å². The van der Waals surface area contributed by atoms with Crippen molar-refractivity contribution in [2.45, 2.75) is 19.6 Å². The van der Waals surface area contributed by atoms with Crippen molar-refractivity contribution in [2.24, 2.45) is 5.73 Å². The molecule has 0 aliphatic carbocycles. The van der Waals surface area contributed by atoms with Gasteiger partial charge in [-0.2, -0.15) is 0 Å². The summed E-state index contributed by atoms with van der Waals surface area (Å²) in [5.41, 5.74) is 7.14. The molecule has 2 nitrogen and oxygen atoms in total. The molecule has 0 spiro atoms. The normalized spacial score (nSPS) is 12.2. The van der Waals surface area contributed by atoms with Gasteiger partial charge in [-0.25, -0.2) is 8.78 Å². The van der Waals surface area contributed by atoms with Gasteiger partial charge in [-0.05, 0) is 42.8 Å². The van der Waals surface area contributed by atoms with E-state index in [-0.39, 0.29) is 12.6 Å². The zero-order chi connectivity index (χ0) is 14.7. The van der Waals surface area contributed by atoms with Gasteiger partial charge in [-0.1, -0.05) is 15.9 Å².